The van der Waals surface area contributed by atoms with Crippen LogP contribution in [0.2, 0.25) is 0 Å². The fourth-order valence-corrected chi connectivity index (χ4v) is 3.05. The lowest BCUT2D eigenvalue weighted by Gasteiger charge is -2.08. The first-order valence-electron chi connectivity index (χ1n) is 7.63. The van der Waals surface area contributed by atoms with Gasteiger partial charge in [-0.25, -0.2) is 0 Å². The largest absolute Gasteiger partial charge is 0.366 e. The first-order valence-corrected chi connectivity index (χ1v) is 7.63. The standard InChI is InChI=1S/C19H13N3O3/c20-17(23)12-8-4-7-11(9-12)16-14-13(18(24)22-16)15(21-19(14)25)10-5-2-1-3-6-10/h1-9H,(H2,20,23)(H,21,25)(H,22,24). The molecule has 0 saturated heterocycles. The van der Waals surface area contributed by atoms with E-state index in [-0.39, 0.29) is 17.4 Å². The van der Waals surface area contributed by atoms with Crippen LogP contribution in [0.4, 0.5) is 0 Å². The van der Waals surface area contributed by atoms with Gasteiger partial charge in [0.25, 0.3) is 11.8 Å². The minimum absolute atomic E-state index is 0.283. The van der Waals surface area contributed by atoms with E-state index in [2.05, 4.69) is 10.6 Å². The molecule has 0 radical (unpaired) electrons. The summed E-state index contributed by atoms with van der Waals surface area (Å²) in [7, 11) is 0. The van der Waals surface area contributed by atoms with Gasteiger partial charge in [-0.3, -0.25) is 14.4 Å². The van der Waals surface area contributed by atoms with Crippen molar-refractivity contribution in [2.75, 3.05) is 0 Å². The molecule has 2 aliphatic rings. The van der Waals surface area contributed by atoms with Gasteiger partial charge < -0.3 is 16.4 Å². The van der Waals surface area contributed by atoms with Crippen molar-refractivity contribution in [3.8, 4) is 0 Å². The molecule has 2 heterocycles. The number of hydrogen-bond acceptors (Lipinski definition) is 3. The molecule has 6 heteroatoms. The van der Waals surface area contributed by atoms with E-state index in [4.69, 9.17) is 5.73 Å². The van der Waals surface area contributed by atoms with Crippen molar-refractivity contribution >= 4 is 29.1 Å². The topological polar surface area (TPSA) is 101 Å². The molecule has 2 aromatic rings. The smallest absolute Gasteiger partial charge is 0.258 e. The lowest BCUT2D eigenvalue weighted by Crippen LogP contribution is -2.21. The monoisotopic (exact) mass is 331 g/mol. The van der Waals surface area contributed by atoms with Crippen molar-refractivity contribution in [2.45, 2.75) is 0 Å². The molecular formula is C19H13N3O3. The number of carbonyl (C=O) groups excluding carboxylic acids is 3. The number of hydrogen-bond donors (Lipinski definition) is 3. The first kappa shape index (κ1) is 14.9. The summed E-state index contributed by atoms with van der Waals surface area (Å²) in [4.78, 5) is 36.4. The highest BCUT2D eigenvalue weighted by Gasteiger charge is 2.40. The first-order chi connectivity index (χ1) is 12.1. The second-order valence-electron chi connectivity index (χ2n) is 5.72. The number of primary amides is 1. The molecule has 6 nitrogen and oxygen atoms in total. The molecule has 4 rings (SSSR count). The molecule has 0 spiro atoms. The molecule has 0 saturated carbocycles. The molecule has 4 N–H and O–H groups in total. The highest BCUT2D eigenvalue weighted by molar-refractivity contribution is 6.30. The number of carbonyl (C=O) groups is 3. The van der Waals surface area contributed by atoms with Gasteiger partial charge >= 0.3 is 0 Å². The number of benzene rings is 2. The highest BCUT2D eigenvalue weighted by Crippen LogP contribution is 2.37. The number of rotatable bonds is 3. The van der Waals surface area contributed by atoms with Crippen molar-refractivity contribution in [1.82, 2.24) is 10.6 Å². The Balaban J connectivity index is 1.90. The van der Waals surface area contributed by atoms with Crippen LogP contribution in [-0.2, 0) is 9.59 Å². The Morgan fingerprint density at radius 3 is 1.92 bits per heavy atom. The van der Waals surface area contributed by atoms with Gasteiger partial charge in [-0.2, -0.15) is 0 Å². The molecule has 0 aromatic heterocycles. The van der Waals surface area contributed by atoms with Crippen molar-refractivity contribution < 1.29 is 14.4 Å². The molecule has 0 unspecified atom stereocenters. The minimum Gasteiger partial charge on any atom is -0.366 e. The third-order valence-electron chi connectivity index (χ3n) is 4.18. The Morgan fingerprint density at radius 1 is 0.760 bits per heavy atom. The van der Waals surface area contributed by atoms with Crippen LogP contribution in [0.5, 0.6) is 0 Å². The van der Waals surface area contributed by atoms with Gasteiger partial charge in [0.05, 0.1) is 22.5 Å². The van der Waals surface area contributed by atoms with E-state index in [1.54, 1.807) is 24.3 Å². The number of fused-ring (bicyclic) bond motifs is 1. The molecule has 0 fully saturated rings. The van der Waals surface area contributed by atoms with Crippen molar-refractivity contribution in [1.29, 1.82) is 0 Å². The van der Waals surface area contributed by atoms with Crippen LogP contribution in [0.1, 0.15) is 21.5 Å². The highest BCUT2D eigenvalue weighted by atomic mass is 16.2. The molecule has 25 heavy (non-hydrogen) atoms. The van der Waals surface area contributed by atoms with Crippen LogP contribution in [0.15, 0.2) is 65.7 Å². The van der Waals surface area contributed by atoms with Crippen LogP contribution in [0.3, 0.4) is 0 Å². The van der Waals surface area contributed by atoms with Gasteiger partial charge in [0.2, 0.25) is 5.91 Å². The number of amides is 3. The van der Waals surface area contributed by atoms with Gasteiger partial charge in [0.1, 0.15) is 0 Å². The molecule has 122 valence electrons. The van der Waals surface area contributed by atoms with Crippen molar-refractivity contribution in [3.05, 3.63) is 82.4 Å². The summed E-state index contributed by atoms with van der Waals surface area (Å²) in [6, 6.07) is 15.7. The quantitative estimate of drug-likeness (QED) is 0.787. The third-order valence-corrected chi connectivity index (χ3v) is 4.18. The summed E-state index contributed by atoms with van der Waals surface area (Å²) in [6.45, 7) is 0. The Hall–Kier alpha value is -3.67. The average molecular weight is 331 g/mol. The van der Waals surface area contributed by atoms with Crippen molar-refractivity contribution in [2.24, 2.45) is 5.73 Å². The van der Waals surface area contributed by atoms with Crippen molar-refractivity contribution in [3.63, 3.8) is 0 Å². The maximum absolute atomic E-state index is 12.5. The van der Waals surface area contributed by atoms with Crippen LogP contribution >= 0.6 is 0 Å². The molecule has 0 atom stereocenters. The average Bonchev–Trinajstić information content (AvgIpc) is 3.15. The molecule has 2 aromatic carbocycles. The molecule has 2 aliphatic heterocycles. The van der Waals surface area contributed by atoms with E-state index in [1.165, 1.54) is 0 Å². The minimum atomic E-state index is -0.576. The normalized spacial score (nSPS) is 16.0. The van der Waals surface area contributed by atoms with Crippen LogP contribution in [0.25, 0.3) is 11.4 Å². The fourth-order valence-electron chi connectivity index (χ4n) is 3.05. The van der Waals surface area contributed by atoms with E-state index >= 15 is 0 Å². The summed E-state index contributed by atoms with van der Waals surface area (Å²) in [6.07, 6.45) is 0. The van der Waals surface area contributed by atoms with Gasteiger partial charge in [0.15, 0.2) is 0 Å². The maximum atomic E-state index is 12.5. The van der Waals surface area contributed by atoms with E-state index < -0.39 is 5.91 Å². The Morgan fingerprint density at radius 2 is 1.32 bits per heavy atom. The summed E-state index contributed by atoms with van der Waals surface area (Å²) < 4.78 is 0. The molecule has 0 bridgehead atoms. The fraction of sp³-hybridized carbons (Fsp3) is 0. The zero-order valence-electron chi connectivity index (χ0n) is 13.0. The number of nitrogens with two attached hydrogens (primary N) is 1. The lowest BCUT2D eigenvalue weighted by atomic mass is 10.0. The zero-order chi connectivity index (χ0) is 17.6. The Labute approximate surface area is 143 Å². The molecule has 0 aliphatic carbocycles. The Bertz CT molecular complexity index is 1000. The SMILES string of the molecule is NC(=O)c1cccc(C2=C3C(=O)NC(c4ccccc4)=C3C(=O)N2)c1. The summed E-state index contributed by atoms with van der Waals surface area (Å²) in [5.74, 6) is -1.29. The predicted octanol–water partition coefficient (Wildman–Crippen LogP) is 1.17. The van der Waals surface area contributed by atoms with E-state index in [0.717, 1.165) is 5.56 Å². The predicted molar refractivity (Wildman–Crippen MR) is 91.5 cm³/mol. The second kappa shape index (κ2) is 5.45. The summed E-state index contributed by atoms with van der Waals surface area (Å²) in [5.41, 5.74) is 8.39. The maximum Gasteiger partial charge on any atom is 0.258 e. The van der Waals surface area contributed by atoms with E-state index in [9.17, 15) is 14.4 Å². The third kappa shape index (κ3) is 2.31. The zero-order valence-corrected chi connectivity index (χ0v) is 13.0. The molecular weight excluding hydrogens is 318 g/mol. The van der Waals surface area contributed by atoms with Gasteiger partial charge in [-0.05, 0) is 23.3 Å². The van der Waals surface area contributed by atoms with Gasteiger partial charge in [0, 0.05) is 5.56 Å². The van der Waals surface area contributed by atoms with Crippen LogP contribution in [0, 0.1) is 0 Å². The van der Waals surface area contributed by atoms with Gasteiger partial charge in [-0.15, -0.1) is 0 Å². The summed E-state index contributed by atoms with van der Waals surface area (Å²) in [5, 5.41) is 5.51. The van der Waals surface area contributed by atoms with Crippen LogP contribution < -0.4 is 16.4 Å². The van der Waals surface area contributed by atoms with E-state index in [0.29, 0.717) is 28.1 Å². The van der Waals surface area contributed by atoms with E-state index in [1.807, 2.05) is 30.3 Å². The lowest BCUT2D eigenvalue weighted by molar-refractivity contribution is -0.117. The van der Waals surface area contributed by atoms with Crippen LogP contribution in [-0.4, -0.2) is 17.7 Å². The number of nitrogens with one attached hydrogen (secondary N) is 2. The molecule has 3 amide bonds. The van der Waals surface area contributed by atoms with Gasteiger partial charge in [-0.1, -0.05) is 42.5 Å². The second-order valence-corrected chi connectivity index (χ2v) is 5.72. The summed E-state index contributed by atoms with van der Waals surface area (Å²) >= 11 is 0. The Kier molecular flexibility index (Phi) is 3.25.